The highest BCUT2D eigenvalue weighted by molar-refractivity contribution is 6.13. The van der Waals surface area contributed by atoms with E-state index in [1.54, 1.807) is 0 Å². The molecule has 26 heavy (non-hydrogen) atoms. The van der Waals surface area contributed by atoms with Gasteiger partial charge in [0.2, 0.25) is 11.8 Å². The van der Waals surface area contributed by atoms with Gasteiger partial charge in [0, 0.05) is 18.3 Å². The number of amides is 2. The van der Waals surface area contributed by atoms with Gasteiger partial charge in [-0.1, -0.05) is 30.3 Å². The molecule has 0 aromatic heterocycles. The maximum atomic E-state index is 13.2. The van der Waals surface area contributed by atoms with Crippen molar-refractivity contribution in [1.82, 2.24) is 5.32 Å². The third kappa shape index (κ3) is 4.07. The Morgan fingerprint density at radius 3 is 2.35 bits per heavy atom. The summed E-state index contributed by atoms with van der Waals surface area (Å²) in [5, 5.41) is 5.31. The maximum absolute atomic E-state index is 13.2. The number of anilines is 1. The molecule has 1 aliphatic rings. The van der Waals surface area contributed by atoms with Gasteiger partial charge < -0.3 is 10.6 Å². The van der Waals surface area contributed by atoms with Crippen LogP contribution in [0.25, 0.3) is 0 Å². The molecule has 2 amide bonds. The number of carbonyl (C=O) groups is 2. The molecule has 2 aromatic rings. The lowest BCUT2D eigenvalue weighted by Gasteiger charge is -2.15. The first-order chi connectivity index (χ1) is 12.5. The van der Waals surface area contributed by atoms with Gasteiger partial charge in [-0.3, -0.25) is 9.59 Å². The summed E-state index contributed by atoms with van der Waals surface area (Å²) < 4.78 is 26.2. The third-order valence-corrected chi connectivity index (χ3v) is 4.57. The third-order valence-electron chi connectivity index (χ3n) is 4.57. The minimum absolute atomic E-state index is 0.136. The van der Waals surface area contributed by atoms with Crippen LogP contribution in [0, 0.1) is 17.0 Å². The van der Waals surface area contributed by atoms with Gasteiger partial charge in [0.15, 0.2) is 11.6 Å². The SMILES string of the molecule is O=C(NCCCc1ccccc1)C1(C(=O)Nc2ccc(F)c(F)c2)CC1. The molecule has 0 aliphatic heterocycles. The number of benzene rings is 2. The first-order valence-corrected chi connectivity index (χ1v) is 8.60. The smallest absolute Gasteiger partial charge is 0.240 e. The van der Waals surface area contributed by atoms with Crippen molar-refractivity contribution in [3.8, 4) is 0 Å². The lowest BCUT2D eigenvalue weighted by Crippen LogP contribution is -2.40. The van der Waals surface area contributed by atoms with Crippen LogP contribution >= 0.6 is 0 Å². The van der Waals surface area contributed by atoms with Crippen molar-refractivity contribution in [1.29, 1.82) is 0 Å². The van der Waals surface area contributed by atoms with Crippen molar-refractivity contribution in [3.05, 3.63) is 65.7 Å². The molecule has 0 spiro atoms. The number of rotatable bonds is 7. The van der Waals surface area contributed by atoms with Gasteiger partial charge in [-0.25, -0.2) is 8.78 Å². The zero-order valence-corrected chi connectivity index (χ0v) is 14.2. The van der Waals surface area contributed by atoms with Crippen LogP contribution in [0.1, 0.15) is 24.8 Å². The number of aryl methyl sites for hydroxylation is 1. The molecule has 0 saturated heterocycles. The molecule has 0 heterocycles. The van der Waals surface area contributed by atoms with Crippen molar-refractivity contribution in [3.63, 3.8) is 0 Å². The summed E-state index contributed by atoms with van der Waals surface area (Å²) in [6.07, 6.45) is 2.52. The van der Waals surface area contributed by atoms with Crippen molar-refractivity contribution in [2.24, 2.45) is 5.41 Å². The van der Waals surface area contributed by atoms with E-state index in [-0.39, 0.29) is 11.6 Å². The van der Waals surface area contributed by atoms with Crippen molar-refractivity contribution >= 4 is 17.5 Å². The molecule has 0 radical (unpaired) electrons. The molecule has 0 atom stereocenters. The number of halogens is 2. The monoisotopic (exact) mass is 358 g/mol. The second kappa shape index (κ2) is 7.64. The summed E-state index contributed by atoms with van der Waals surface area (Å²) in [7, 11) is 0. The molecule has 3 rings (SSSR count). The Bertz CT molecular complexity index is 805. The van der Waals surface area contributed by atoms with Crippen LogP contribution in [0.4, 0.5) is 14.5 Å². The van der Waals surface area contributed by atoms with E-state index in [0.717, 1.165) is 25.0 Å². The Morgan fingerprint density at radius 2 is 1.69 bits per heavy atom. The summed E-state index contributed by atoms with van der Waals surface area (Å²) in [6, 6.07) is 13.1. The summed E-state index contributed by atoms with van der Waals surface area (Å²) in [5.41, 5.74) is 0.230. The van der Waals surface area contributed by atoms with E-state index in [0.29, 0.717) is 19.4 Å². The second-order valence-corrected chi connectivity index (χ2v) is 6.51. The average molecular weight is 358 g/mol. The highest BCUT2D eigenvalue weighted by Crippen LogP contribution is 2.46. The summed E-state index contributed by atoms with van der Waals surface area (Å²) in [6.45, 7) is 0.480. The van der Waals surface area contributed by atoms with E-state index >= 15 is 0 Å². The van der Waals surface area contributed by atoms with Gasteiger partial charge in [-0.15, -0.1) is 0 Å². The molecule has 1 saturated carbocycles. The number of carbonyl (C=O) groups excluding carboxylic acids is 2. The lowest BCUT2D eigenvalue weighted by molar-refractivity contribution is -0.134. The largest absolute Gasteiger partial charge is 0.355 e. The topological polar surface area (TPSA) is 58.2 Å². The van der Waals surface area contributed by atoms with E-state index in [1.807, 2.05) is 30.3 Å². The summed E-state index contributed by atoms with van der Waals surface area (Å²) >= 11 is 0. The molecule has 6 heteroatoms. The minimum Gasteiger partial charge on any atom is -0.355 e. The Labute approximate surface area is 150 Å². The quantitative estimate of drug-likeness (QED) is 0.588. The van der Waals surface area contributed by atoms with Crippen LogP contribution < -0.4 is 10.6 Å². The maximum Gasteiger partial charge on any atom is 0.240 e. The fraction of sp³-hybridized carbons (Fsp3) is 0.300. The van der Waals surface area contributed by atoms with Crippen molar-refractivity contribution in [2.45, 2.75) is 25.7 Å². The normalized spacial score (nSPS) is 14.5. The zero-order chi connectivity index (χ0) is 18.6. The first-order valence-electron chi connectivity index (χ1n) is 8.60. The van der Waals surface area contributed by atoms with E-state index in [4.69, 9.17) is 0 Å². The predicted octanol–water partition coefficient (Wildman–Crippen LogP) is 3.43. The first kappa shape index (κ1) is 18.0. The van der Waals surface area contributed by atoms with E-state index in [9.17, 15) is 18.4 Å². The average Bonchev–Trinajstić information content (AvgIpc) is 3.45. The Morgan fingerprint density at radius 1 is 0.962 bits per heavy atom. The van der Waals surface area contributed by atoms with Gasteiger partial charge in [-0.2, -0.15) is 0 Å². The van der Waals surface area contributed by atoms with Gasteiger partial charge in [0.1, 0.15) is 5.41 Å². The molecular weight excluding hydrogens is 338 g/mol. The van der Waals surface area contributed by atoms with Crippen LogP contribution in [0.5, 0.6) is 0 Å². The lowest BCUT2D eigenvalue weighted by atomic mass is 10.0. The Kier molecular flexibility index (Phi) is 5.30. The highest BCUT2D eigenvalue weighted by Gasteiger charge is 2.56. The molecule has 0 unspecified atom stereocenters. The van der Waals surface area contributed by atoms with Gasteiger partial charge in [0.25, 0.3) is 0 Å². The standard InChI is InChI=1S/C20H20F2N2O2/c21-16-9-8-15(13-17(16)22)24-19(26)20(10-11-20)18(25)23-12-4-7-14-5-2-1-3-6-14/h1-3,5-6,8-9,13H,4,7,10-12H2,(H,23,25)(H,24,26). The molecule has 2 N–H and O–H groups in total. The van der Waals surface area contributed by atoms with Gasteiger partial charge >= 0.3 is 0 Å². The number of hydrogen-bond acceptors (Lipinski definition) is 2. The molecule has 1 fully saturated rings. The van der Waals surface area contributed by atoms with Crippen LogP contribution in [-0.2, 0) is 16.0 Å². The summed E-state index contributed by atoms with van der Waals surface area (Å²) in [5.74, 6) is -2.83. The van der Waals surface area contributed by atoms with Crippen LogP contribution in [0.15, 0.2) is 48.5 Å². The fourth-order valence-electron chi connectivity index (χ4n) is 2.82. The van der Waals surface area contributed by atoms with Crippen LogP contribution in [0.3, 0.4) is 0 Å². The van der Waals surface area contributed by atoms with Crippen LogP contribution in [-0.4, -0.2) is 18.4 Å². The van der Waals surface area contributed by atoms with E-state index in [2.05, 4.69) is 10.6 Å². The molecule has 0 bridgehead atoms. The Hall–Kier alpha value is -2.76. The highest BCUT2D eigenvalue weighted by atomic mass is 19.2. The minimum atomic E-state index is -1.10. The molecule has 136 valence electrons. The van der Waals surface area contributed by atoms with Gasteiger partial charge in [0.05, 0.1) is 0 Å². The zero-order valence-electron chi connectivity index (χ0n) is 14.2. The predicted molar refractivity (Wildman–Crippen MR) is 94.4 cm³/mol. The van der Waals surface area contributed by atoms with Crippen molar-refractivity contribution < 1.29 is 18.4 Å². The Balaban J connectivity index is 1.50. The van der Waals surface area contributed by atoms with Crippen LogP contribution in [0.2, 0.25) is 0 Å². The number of nitrogens with one attached hydrogen (secondary N) is 2. The molecular formula is C20H20F2N2O2. The second-order valence-electron chi connectivity index (χ2n) is 6.51. The number of hydrogen-bond donors (Lipinski definition) is 2. The molecule has 2 aromatic carbocycles. The molecule has 1 aliphatic carbocycles. The summed E-state index contributed by atoms with van der Waals surface area (Å²) in [4.78, 5) is 24.8. The fourth-order valence-corrected chi connectivity index (χ4v) is 2.82. The van der Waals surface area contributed by atoms with Crippen molar-refractivity contribution in [2.75, 3.05) is 11.9 Å². The molecule has 4 nitrogen and oxygen atoms in total. The van der Waals surface area contributed by atoms with E-state index < -0.39 is 23.0 Å². The van der Waals surface area contributed by atoms with E-state index in [1.165, 1.54) is 11.6 Å². The van der Waals surface area contributed by atoms with Gasteiger partial charge in [-0.05, 0) is 43.4 Å².